The molecule has 0 unspecified atom stereocenters. The number of amides is 1. The highest BCUT2D eigenvalue weighted by Gasteiger charge is 2.26. The van der Waals surface area contributed by atoms with Gasteiger partial charge in [-0.15, -0.1) is 0 Å². The van der Waals surface area contributed by atoms with Crippen LogP contribution in [0.15, 0.2) is 47.5 Å². The Morgan fingerprint density at radius 1 is 1.14 bits per heavy atom. The molecule has 1 amide bonds. The van der Waals surface area contributed by atoms with Crippen molar-refractivity contribution in [3.63, 3.8) is 0 Å². The molecule has 0 bridgehead atoms. The van der Waals surface area contributed by atoms with Crippen molar-refractivity contribution in [2.24, 2.45) is 0 Å². The first-order chi connectivity index (χ1) is 13.2. The lowest BCUT2D eigenvalue weighted by Gasteiger charge is -2.18. The minimum atomic E-state index is -3.82. The SMILES string of the molecule is CCc1ccc(NC(=O)CN(C)S(=O)(=O)c2cc(C)cc3cc[nH]c23)cc1C. The molecule has 1 heterocycles. The first kappa shape index (κ1) is 20.1. The summed E-state index contributed by atoms with van der Waals surface area (Å²) in [5.41, 5.74) is 4.36. The number of aromatic nitrogens is 1. The highest BCUT2D eigenvalue weighted by molar-refractivity contribution is 7.89. The molecule has 0 aliphatic carbocycles. The molecule has 6 nitrogen and oxygen atoms in total. The zero-order valence-electron chi connectivity index (χ0n) is 16.5. The van der Waals surface area contributed by atoms with Crippen LogP contribution in [0.3, 0.4) is 0 Å². The number of likely N-dealkylation sites (N-methyl/N-ethyl adjacent to an activating group) is 1. The zero-order chi connectivity index (χ0) is 20.5. The van der Waals surface area contributed by atoms with Crippen LogP contribution in [-0.2, 0) is 21.2 Å². The van der Waals surface area contributed by atoms with Crippen molar-refractivity contribution in [3.8, 4) is 0 Å². The second-order valence-corrected chi connectivity index (χ2v) is 9.02. The number of carbonyl (C=O) groups excluding carboxylic acids is 1. The van der Waals surface area contributed by atoms with E-state index in [1.54, 1.807) is 12.3 Å². The Morgan fingerprint density at radius 3 is 2.57 bits per heavy atom. The number of aromatic amines is 1. The molecule has 0 saturated heterocycles. The number of benzene rings is 2. The predicted octanol–water partition coefficient (Wildman–Crippen LogP) is 3.61. The van der Waals surface area contributed by atoms with Gasteiger partial charge in [0.1, 0.15) is 4.90 Å². The molecule has 148 valence electrons. The summed E-state index contributed by atoms with van der Waals surface area (Å²) in [6, 6.07) is 11.1. The van der Waals surface area contributed by atoms with E-state index in [4.69, 9.17) is 0 Å². The first-order valence-electron chi connectivity index (χ1n) is 9.16. The van der Waals surface area contributed by atoms with E-state index in [9.17, 15) is 13.2 Å². The van der Waals surface area contributed by atoms with Crippen molar-refractivity contribution in [2.75, 3.05) is 18.9 Å². The van der Waals surface area contributed by atoms with Crippen LogP contribution in [0, 0.1) is 13.8 Å². The number of H-pyrrole nitrogens is 1. The van der Waals surface area contributed by atoms with Crippen LogP contribution in [0.5, 0.6) is 0 Å². The Kier molecular flexibility index (Phi) is 5.58. The number of fused-ring (bicyclic) bond motifs is 1. The van der Waals surface area contributed by atoms with Gasteiger partial charge in [0.15, 0.2) is 0 Å². The molecule has 3 rings (SSSR count). The molecule has 0 radical (unpaired) electrons. The number of nitrogens with one attached hydrogen (secondary N) is 2. The van der Waals surface area contributed by atoms with Crippen molar-refractivity contribution in [1.82, 2.24) is 9.29 Å². The summed E-state index contributed by atoms with van der Waals surface area (Å²) in [6.07, 6.45) is 2.63. The molecule has 0 spiro atoms. The van der Waals surface area contributed by atoms with Crippen LogP contribution >= 0.6 is 0 Å². The van der Waals surface area contributed by atoms with Gasteiger partial charge in [-0.1, -0.05) is 13.0 Å². The summed E-state index contributed by atoms with van der Waals surface area (Å²) in [7, 11) is -2.41. The maximum atomic E-state index is 13.0. The van der Waals surface area contributed by atoms with E-state index < -0.39 is 10.0 Å². The van der Waals surface area contributed by atoms with E-state index in [0.717, 1.165) is 27.2 Å². The molecule has 0 aliphatic rings. The molecule has 2 aromatic carbocycles. The molecular weight excluding hydrogens is 374 g/mol. The smallest absolute Gasteiger partial charge is 0.245 e. The van der Waals surface area contributed by atoms with Crippen molar-refractivity contribution in [2.45, 2.75) is 32.1 Å². The van der Waals surface area contributed by atoms with E-state index in [2.05, 4.69) is 17.2 Å². The van der Waals surface area contributed by atoms with Crippen LogP contribution in [0.1, 0.15) is 23.6 Å². The number of anilines is 1. The van der Waals surface area contributed by atoms with Crippen molar-refractivity contribution in [1.29, 1.82) is 0 Å². The van der Waals surface area contributed by atoms with Crippen molar-refractivity contribution in [3.05, 3.63) is 59.3 Å². The third-order valence-electron chi connectivity index (χ3n) is 4.83. The lowest BCUT2D eigenvalue weighted by molar-refractivity contribution is -0.116. The minimum Gasteiger partial charge on any atom is -0.360 e. The third-order valence-corrected chi connectivity index (χ3v) is 6.66. The van der Waals surface area contributed by atoms with E-state index in [-0.39, 0.29) is 17.3 Å². The van der Waals surface area contributed by atoms with Gasteiger partial charge >= 0.3 is 0 Å². The van der Waals surface area contributed by atoms with Crippen LogP contribution in [0.4, 0.5) is 5.69 Å². The van der Waals surface area contributed by atoms with Crippen molar-refractivity contribution >= 4 is 32.5 Å². The van der Waals surface area contributed by atoms with Crippen LogP contribution in [0.2, 0.25) is 0 Å². The third kappa shape index (κ3) is 3.95. The van der Waals surface area contributed by atoms with Gasteiger partial charge in [-0.3, -0.25) is 4.79 Å². The number of nitrogens with zero attached hydrogens (tertiary/aromatic N) is 1. The number of rotatable bonds is 6. The van der Waals surface area contributed by atoms with E-state index in [1.165, 1.54) is 12.6 Å². The van der Waals surface area contributed by atoms with Gasteiger partial charge in [-0.25, -0.2) is 8.42 Å². The lowest BCUT2D eigenvalue weighted by atomic mass is 10.1. The number of sulfonamides is 1. The largest absolute Gasteiger partial charge is 0.360 e. The molecule has 0 aliphatic heterocycles. The number of aryl methyl sites for hydroxylation is 3. The van der Waals surface area contributed by atoms with E-state index >= 15 is 0 Å². The highest BCUT2D eigenvalue weighted by atomic mass is 32.2. The molecule has 7 heteroatoms. The van der Waals surface area contributed by atoms with Crippen LogP contribution in [-0.4, -0.2) is 37.2 Å². The number of hydrogen-bond donors (Lipinski definition) is 2. The summed E-state index contributed by atoms with van der Waals surface area (Å²) >= 11 is 0. The average Bonchev–Trinajstić information content (AvgIpc) is 3.09. The minimum absolute atomic E-state index is 0.172. The predicted molar refractivity (Wildman–Crippen MR) is 112 cm³/mol. The van der Waals surface area contributed by atoms with Gasteiger partial charge in [0.2, 0.25) is 15.9 Å². The molecule has 0 fully saturated rings. The summed E-state index contributed by atoms with van der Waals surface area (Å²) in [6.45, 7) is 5.64. The molecule has 0 saturated carbocycles. The van der Waals surface area contributed by atoms with Gasteiger partial charge in [0.05, 0.1) is 12.1 Å². The molecule has 1 aromatic heterocycles. The fraction of sp³-hybridized carbons (Fsp3) is 0.286. The van der Waals surface area contributed by atoms with E-state index in [1.807, 2.05) is 44.2 Å². The second-order valence-electron chi connectivity index (χ2n) is 7.01. The molecule has 3 aromatic rings. The highest BCUT2D eigenvalue weighted by Crippen LogP contribution is 2.26. The topological polar surface area (TPSA) is 82.3 Å². The van der Waals surface area contributed by atoms with Gasteiger partial charge in [0.25, 0.3) is 0 Å². The Hall–Kier alpha value is -2.64. The van der Waals surface area contributed by atoms with Gasteiger partial charge < -0.3 is 10.3 Å². The molecule has 28 heavy (non-hydrogen) atoms. The normalized spacial score (nSPS) is 11.9. The van der Waals surface area contributed by atoms with Gasteiger partial charge in [0, 0.05) is 24.3 Å². The Morgan fingerprint density at radius 2 is 1.89 bits per heavy atom. The van der Waals surface area contributed by atoms with Crippen LogP contribution < -0.4 is 5.32 Å². The summed E-state index contributed by atoms with van der Waals surface area (Å²) in [4.78, 5) is 15.6. The second kappa shape index (κ2) is 7.77. The van der Waals surface area contributed by atoms with Gasteiger partial charge in [-0.05, 0) is 67.3 Å². The first-order valence-corrected chi connectivity index (χ1v) is 10.6. The fourth-order valence-electron chi connectivity index (χ4n) is 3.31. The fourth-order valence-corrected chi connectivity index (χ4v) is 4.70. The number of carbonyl (C=O) groups is 1. The standard InChI is InChI=1S/C21H25N3O3S/c1-5-16-6-7-18(12-15(16)3)23-20(25)13-24(4)28(26,27)19-11-14(2)10-17-8-9-22-21(17)19/h6-12,22H,5,13H2,1-4H3,(H,23,25). The summed E-state index contributed by atoms with van der Waals surface area (Å²) < 4.78 is 27.2. The lowest BCUT2D eigenvalue weighted by Crippen LogP contribution is -2.35. The van der Waals surface area contributed by atoms with E-state index in [0.29, 0.717) is 11.2 Å². The monoisotopic (exact) mass is 399 g/mol. The Labute approximate surface area is 165 Å². The summed E-state index contributed by atoms with van der Waals surface area (Å²) in [5.74, 6) is -0.384. The molecule has 2 N–H and O–H groups in total. The Bertz CT molecular complexity index is 1130. The summed E-state index contributed by atoms with van der Waals surface area (Å²) in [5, 5.41) is 3.60. The molecule has 0 atom stereocenters. The van der Waals surface area contributed by atoms with Crippen molar-refractivity contribution < 1.29 is 13.2 Å². The zero-order valence-corrected chi connectivity index (χ0v) is 17.4. The maximum absolute atomic E-state index is 13.0. The molecular formula is C21H25N3O3S. The number of hydrogen-bond acceptors (Lipinski definition) is 3. The average molecular weight is 400 g/mol. The van der Waals surface area contributed by atoms with Crippen LogP contribution in [0.25, 0.3) is 10.9 Å². The Balaban J connectivity index is 1.79. The quantitative estimate of drug-likeness (QED) is 0.664. The maximum Gasteiger partial charge on any atom is 0.245 e. The van der Waals surface area contributed by atoms with Gasteiger partial charge in [-0.2, -0.15) is 4.31 Å².